The largest absolute Gasteiger partial charge is 0.495 e. The fraction of sp³-hybridized carbons (Fsp3) is 0.393. The minimum Gasteiger partial charge on any atom is -0.495 e. The number of aliphatic hydroxyl groups excluding tert-OH is 1. The van der Waals surface area contributed by atoms with E-state index < -0.39 is 33.0 Å². The highest BCUT2D eigenvalue weighted by atomic mass is 32.2. The molecule has 3 atom stereocenters. The molecule has 1 N–H and O–H groups in total. The van der Waals surface area contributed by atoms with Crippen molar-refractivity contribution in [3.8, 4) is 22.8 Å². The summed E-state index contributed by atoms with van der Waals surface area (Å²) in [5, 5.41) is 17.5. The molecule has 3 aromatic heterocycles. The van der Waals surface area contributed by atoms with Crippen molar-refractivity contribution < 1.29 is 23.0 Å². The fourth-order valence-corrected chi connectivity index (χ4v) is 5.69. The molecule has 1 aromatic carbocycles. The third kappa shape index (κ3) is 6.35. The second-order valence-electron chi connectivity index (χ2n) is 9.89. The van der Waals surface area contributed by atoms with Gasteiger partial charge in [-0.2, -0.15) is 0 Å². The van der Waals surface area contributed by atoms with E-state index in [1.807, 2.05) is 39.0 Å². The molecule has 0 radical (unpaired) electrons. The number of hydrogen-bond donors (Lipinski definition) is 1. The Bertz CT molecular complexity index is 1570. The van der Waals surface area contributed by atoms with Crippen LogP contribution in [0.15, 0.2) is 49.1 Å². The first-order chi connectivity index (χ1) is 19.0. The van der Waals surface area contributed by atoms with Gasteiger partial charge in [-0.15, -0.1) is 10.2 Å². The highest BCUT2D eigenvalue weighted by molar-refractivity contribution is 7.91. The molecule has 0 bridgehead atoms. The molecule has 12 heteroatoms. The topological polar surface area (TPSA) is 142 Å². The van der Waals surface area contributed by atoms with Gasteiger partial charge in [-0.05, 0) is 63.4 Å². The van der Waals surface area contributed by atoms with Crippen LogP contribution in [0.4, 0.5) is 0 Å². The lowest BCUT2D eigenvalue weighted by molar-refractivity contribution is -0.00774. The Labute approximate surface area is 234 Å². The first kappa shape index (κ1) is 29.2. The number of methoxy groups -OCH3 is 1. The van der Waals surface area contributed by atoms with E-state index in [0.717, 1.165) is 16.7 Å². The van der Waals surface area contributed by atoms with E-state index in [9.17, 15) is 13.5 Å². The predicted molar refractivity (Wildman–Crippen MR) is 150 cm³/mol. The molecule has 0 aliphatic rings. The molecule has 0 saturated carbocycles. The molecule has 0 unspecified atom stereocenters. The lowest BCUT2D eigenvalue weighted by atomic mass is 10.1. The number of nitrogens with zero attached hydrogens (tertiary/aromatic N) is 6. The summed E-state index contributed by atoms with van der Waals surface area (Å²) in [6.07, 6.45) is 4.78. The molecular formula is C28H34N6O5S. The first-order valence-electron chi connectivity index (χ1n) is 12.8. The number of benzene rings is 1. The average Bonchev–Trinajstić information content (AvgIpc) is 3.31. The molecule has 212 valence electrons. The normalized spacial score (nSPS) is 14.1. The van der Waals surface area contributed by atoms with Crippen molar-refractivity contribution in [1.29, 1.82) is 0 Å². The van der Waals surface area contributed by atoms with Gasteiger partial charge < -0.3 is 14.6 Å². The van der Waals surface area contributed by atoms with E-state index in [-0.39, 0.29) is 18.3 Å². The lowest BCUT2D eigenvalue weighted by Crippen LogP contribution is -2.32. The standard InChI is InChI=1S/C28H34N6O5S/c1-17-10-22(14-29-11-17)28-33-32-24(34(28)25-19(3)8-7-9-23(25)38-6)16-40(36,37)21(5)26(39-15-20(4)35)27-30-12-18(2)13-31-27/h7-14,20-21,26,35H,15-16H2,1-6H3/t20-,21-,26+/m0/s1. The second kappa shape index (κ2) is 12.2. The number of para-hydroxylation sites is 1. The lowest BCUT2D eigenvalue weighted by Gasteiger charge is -2.24. The summed E-state index contributed by atoms with van der Waals surface area (Å²) in [6, 6.07) is 7.48. The van der Waals surface area contributed by atoms with Crippen LogP contribution >= 0.6 is 0 Å². The molecule has 4 aromatic rings. The number of pyridine rings is 1. The van der Waals surface area contributed by atoms with Gasteiger partial charge in [0.1, 0.15) is 17.6 Å². The summed E-state index contributed by atoms with van der Waals surface area (Å²) in [7, 11) is -2.37. The van der Waals surface area contributed by atoms with E-state index in [4.69, 9.17) is 9.47 Å². The van der Waals surface area contributed by atoms with Crippen LogP contribution in [0.5, 0.6) is 5.75 Å². The molecule has 4 rings (SSSR count). The molecule has 40 heavy (non-hydrogen) atoms. The number of ether oxygens (including phenoxy) is 2. The Morgan fingerprint density at radius 3 is 2.38 bits per heavy atom. The van der Waals surface area contributed by atoms with Crippen molar-refractivity contribution in [3.63, 3.8) is 0 Å². The number of aryl methyl sites for hydroxylation is 3. The van der Waals surface area contributed by atoms with Crippen molar-refractivity contribution in [3.05, 3.63) is 77.4 Å². The fourth-order valence-electron chi connectivity index (χ4n) is 4.30. The number of rotatable bonds is 11. The quantitative estimate of drug-likeness (QED) is 0.287. The SMILES string of the molecule is COc1cccc(C)c1-n1c(CS(=O)(=O)[C@@H](C)[C@@H](OC[C@H](C)O)c2ncc(C)cn2)nnc1-c1cncc(C)c1. The zero-order valence-electron chi connectivity index (χ0n) is 23.4. The van der Waals surface area contributed by atoms with Gasteiger partial charge >= 0.3 is 0 Å². The predicted octanol–water partition coefficient (Wildman–Crippen LogP) is 3.50. The highest BCUT2D eigenvalue weighted by Crippen LogP contribution is 2.33. The van der Waals surface area contributed by atoms with Gasteiger partial charge in [0.05, 0.1) is 30.8 Å². The molecule has 3 heterocycles. The zero-order chi connectivity index (χ0) is 29.0. The number of aliphatic hydroxyl groups is 1. The third-order valence-corrected chi connectivity index (χ3v) is 8.44. The van der Waals surface area contributed by atoms with Crippen LogP contribution in [0, 0.1) is 20.8 Å². The van der Waals surface area contributed by atoms with E-state index in [1.165, 1.54) is 0 Å². The van der Waals surface area contributed by atoms with Gasteiger partial charge in [0, 0.05) is 30.4 Å². The first-order valence-corrected chi connectivity index (χ1v) is 14.5. The molecule has 0 aliphatic carbocycles. The Balaban J connectivity index is 1.81. The van der Waals surface area contributed by atoms with Gasteiger partial charge in [-0.3, -0.25) is 9.55 Å². The smallest absolute Gasteiger partial charge is 0.170 e. The number of aromatic nitrogens is 6. The van der Waals surface area contributed by atoms with Crippen molar-refractivity contribution in [2.45, 2.75) is 57.8 Å². The Morgan fingerprint density at radius 2 is 1.73 bits per heavy atom. The van der Waals surface area contributed by atoms with Gasteiger partial charge in [-0.25, -0.2) is 18.4 Å². The second-order valence-corrected chi connectivity index (χ2v) is 12.2. The summed E-state index contributed by atoms with van der Waals surface area (Å²) in [6.45, 7) is 8.69. The minimum absolute atomic E-state index is 0.0805. The molecule has 0 fully saturated rings. The molecule has 0 amide bonds. The maximum atomic E-state index is 13.9. The van der Waals surface area contributed by atoms with Crippen LogP contribution in [-0.2, 0) is 20.3 Å². The van der Waals surface area contributed by atoms with Crippen molar-refractivity contribution in [2.75, 3.05) is 13.7 Å². The molecule has 0 spiro atoms. The monoisotopic (exact) mass is 566 g/mol. The highest BCUT2D eigenvalue weighted by Gasteiger charge is 2.36. The van der Waals surface area contributed by atoms with Crippen LogP contribution in [-0.4, -0.2) is 68.3 Å². The van der Waals surface area contributed by atoms with E-state index >= 15 is 0 Å². The average molecular weight is 567 g/mol. The van der Waals surface area contributed by atoms with E-state index in [0.29, 0.717) is 22.8 Å². The Kier molecular flexibility index (Phi) is 8.92. The summed E-state index contributed by atoms with van der Waals surface area (Å²) in [5.74, 6) is 0.953. The molecule has 11 nitrogen and oxygen atoms in total. The summed E-state index contributed by atoms with van der Waals surface area (Å²) >= 11 is 0. The van der Waals surface area contributed by atoms with Gasteiger partial charge in [-0.1, -0.05) is 12.1 Å². The number of sulfone groups is 1. The van der Waals surface area contributed by atoms with Gasteiger partial charge in [0.15, 0.2) is 27.3 Å². The maximum Gasteiger partial charge on any atom is 0.170 e. The third-order valence-electron chi connectivity index (χ3n) is 6.40. The van der Waals surface area contributed by atoms with Crippen LogP contribution in [0.25, 0.3) is 17.1 Å². The summed E-state index contributed by atoms with van der Waals surface area (Å²) < 4.78 is 41.1. The molecule has 0 saturated heterocycles. The molecular weight excluding hydrogens is 532 g/mol. The van der Waals surface area contributed by atoms with Gasteiger partial charge in [0.2, 0.25) is 0 Å². The minimum atomic E-state index is -3.93. The van der Waals surface area contributed by atoms with Crippen molar-refractivity contribution in [2.24, 2.45) is 0 Å². The summed E-state index contributed by atoms with van der Waals surface area (Å²) in [5.41, 5.74) is 3.91. The van der Waals surface area contributed by atoms with Crippen LogP contribution in [0.1, 0.15) is 48.3 Å². The van der Waals surface area contributed by atoms with Crippen LogP contribution < -0.4 is 4.74 Å². The Hall–Kier alpha value is -3.74. The maximum absolute atomic E-state index is 13.9. The van der Waals surface area contributed by atoms with E-state index in [1.54, 1.807) is 56.4 Å². The van der Waals surface area contributed by atoms with Crippen LogP contribution in [0.3, 0.4) is 0 Å². The van der Waals surface area contributed by atoms with Gasteiger partial charge in [0.25, 0.3) is 0 Å². The van der Waals surface area contributed by atoms with Crippen LogP contribution in [0.2, 0.25) is 0 Å². The van der Waals surface area contributed by atoms with E-state index in [2.05, 4.69) is 25.1 Å². The molecule has 0 aliphatic heterocycles. The Morgan fingerprint density at radius 1 is 1.00 bits per heavy atom. The zero-order valence-corrected chi connectivity index (χ0v) is 24.3. The van der Waals surface area contributed by atoms with Crippen molar-refractivity contribution in [1.82, 2.24) is 29.7 Å². The summed E-state index contributed by atoms with van der Waals surface area (Å²) in [4.78, 5) is 12.9. The number of hydrogen-bond acceptors (Lipinski definition) is 10. The van der Waals surface area contributed by atoms with Crippen molar-refractivity contribution >= 4 is 9.84 Å².